The van der Waals surface area contributed by atoms with Crippen LogP contribution in [0.25, 0.3) is 0 Å². The SMILES string of the molecule is CN(C)C(=O)[C@@H]1CN(c2ccc(C#N)c(C(F)(F)F)c2)C[C@H]1C1CCN(S(C)(=O)=O)CC1. The number of hydrogen-bond donors (Lipinski definition) is 0. The number of amides is 1. The summed E-state index contributed by atoms with van der Waals surface area (Å²) < 4.78 is 65.4. The number of hydrogen-bond acceptors (Lipinski definition) is 5. The first-order valence-electron chi connectivity index (χ1n) is 10.4. The molecule has 2 fully saturated rings. The Hall–Kier alpha value is -2.32. The van der Waals surface area contributed by atoms with Gasteiger partial charge in [-0.15, -0.1) is 0 Å². The highest BCUT2D eigenvalue weighted by Gasteiger charge is 2.44. The van der Waals surface area contributed by atoms with Crippen LogP contribution in [0.1, 0.15) is 24.0 Å². The van der Waals surface area contributed by atoms with Crippen LogP contribution in [0.2, 0.25) is 0 Å². The van der Waals surface area contributed by atoms with Crippen molar-refractivity contribution in [2.45, 2.75) is 19.0 Å². The fourth-order valence-electron chi connectivity index (χ4n) is 4.81. The number of nitrogens with zero attached hydrogens (tertiary/aromatic N) is 4. The highest BCUT2D eigenvalue weighted by molar-refractivity contribution is 7.88. The number of benzene rings is 1. The molecule has 2 saturated heterocycles. The van der Waals surface area contributed by atoms with Crippen LogP contribution in [0.3, 0.4) is 0 Å². The van der Waals surface area contributed by atoms with Crippen LogP contribution in [-0.4, -0.2) is 70.1 Å². The third kappa shape index (κ3) is 5.02. The average Bonchev–Trinajstić information content (AvgIpc) is 3.16. The Labute approximate surface area is 186 Å². The third-order valence-electron chi connectivity index (χ3n) is 6.49. The first-order valence-corrected chi connectivity index (χ1v) is 12.2. The Morgan fingerprint density at radius 2 is 1.81 bits per heavy atom. The van der Waals surface area contributed by atoms with E-state index in [1.807, 2.05) is 0 Å². The Bertz CT molecular complexity index is 1010. The van der Waals surface area contributed by atoms with Crippen LogP contribution < -0.4 is 4.90 Å². The molecule has 1 amide bonds. The van der Waals surface area contributed by atoms with E-state index >= 15 is 0 Å². The maximum atomic E-state index is 13.4. The van der Waals surface area contributed by atoms with Gasteiger partial charge >= 0.3 is 6.18 Å². The van der Waals surface area contributed by atoms with Gasteiger partial charge in [0.15, 0.2) is 0 Å². The van der Waals surface area contributed by atoms with Crippen molar-refractivity contribution in [2.75, 3.05) is 51.4 Å². The summed E-state index contributed by atoms with van der Waals surface area (Å²) in [4.78, 5) is 16.2. The van der Waals surface area contributed by atoms with Gasteiger partial charge in [0, 0.05) is 46.0 Å². The van der Waals surface area contributed by atoms with Gasteiger partial charge in [0.25, 0.3) is 0 Å². The molecule has 2 heterocycles. The lowest BCUT2D eigenvalue weighted by Crippen LogP contribution is -2.42. The minimum Gasteiger partial charge on any atom is -0.370 e. The second-order valence-electron chi connectivity index (χ2n) is 8.75. The number of nitriles is 1. The number of anilines is 1. The van der Waals surface area contributed by atoms with Crippen LogP contribution >= 0.6 is 0 Å². The molecule has 0 saturated carbocycles. The molecule has 7 nitrogen and oxygen atoms in total. The summed E-state index contributed by atoms with van der Waals surface area (Å²) in [6, 6.07) is 5.21. The number of carbonyl (C=O) groups is 1. The van der Waals surface area contributed by atoms with E-state index in [1.165, 1.54) is 27.6 Å². The molecule has 0 aromatic heterocycles. The summed E-state index contributed by atoms with van der Waals surface area (Å²) >= 11 is 0. The second kappa shape index (κ2) is 8.90. The molecule has 176 valence electrons. The highest BCUT2D eigenvalue weighted by Crippen LogP contribution is 2.40. The molecule has 1 aromatic rings. The molecular formula is C21H27F3N4O3S. The van der Waals surface area contributed by atoms with Gasteiger partial charge in [-0.05, 0) is 42.9 Å². The number of carbonyl (C=O) groups excluding carboxylic acids is 1. The zero-order valence-corrected chi connectivity index (χ0v) is 19.1. The van der Waals surface area contributed by atoms with Gasteiger partial charge in [-0.25, -0.2) is 12.7 Å². The van der Waals surface area contributed by atoms with Crippen molar-refractivity contribution in [2.24, 2.45) is 17.8 Å². The van der Waals surface area contributed by atoms with E-state index in [0.717, 1.165) is 6.07 Å². The summed E-state index contributed by atoms with van der Waals surface area (Å²) in [5, 5.41) is 9.04. The molecule has 2 aliphatic rings. The molecule has 3 rings (SSSR count). The maximum absolute atomic E-state index is 13.4. The normalized spacial score (nSPS) is 23.2. The molecule has 2 aliphatic heterocycles. The van der Waals surface area contributed by atoms with Crippen molar-refractivity contribution in [3.05, 3.63) is 29.3 Å². The molecule has 0 bridgehead atoms. The monoisotopic (exact) mass is 472 g/mol. The van der Waals surface area contributed by atoms with Crippen molar-refractivity contribution in [1.29, 1.82) is 5.26 Å². The molecule has 32 heavy (non-hydrogen) atoms. The van der Waals surface area contributed by atoms with E-state index in [2.05, 4.69) is 0 Å². The zero-order chi connectivity index (χ0) is 23.8. The molecule has 0 unspecified atom stereocenters. The Morgan fingerprint density at radius 3 is 2.31 bits per heavy atom. The highest BCUT2D eigenvalue weighted by atomic mass is 32.2. The lowest BCUT2D eigenvalue weighted by Gasteiger charge is -2.35. The lowest BCUT2D eigenvalue weighted by atomic mass is 9.78. The minimum absolute atomic E-state index is 0.0901. The van der Waals surface area contributed by atoms with E-state index in [1.54, 1.807) is 25.1 Å². The average molecular weight is 473 g/mol. The quantitative estimate of drug-likeness (QED) is 0.672. The predicted molar refractivity (Wildman–Crippen MR) is 113 cm³/mol. The Morgan fingerprint density at radius 1 is 1.19 bits per heavy atom. The number of sulfonamides is 1. The van der Waals surface area contributed by atoms with Gasteiger partial charge in [-0.1, -0.05) is 0 Å². The molecule has 2 atom stereocenters. The third-order valence-corrected chi connectivity index (χ3v) is 7.79. The Balaban J connectivity index is 1.87. The van der Waals surface area contributed by atoms with E-state index < -0.39 is 33.2 Å². The van der Waals surface area contributed by atoms with Gasteiger partial charge in [0.05, 0.1) is 29.4 Å². The zero-order valence-electron chi connectivity index (χ0n) is 18.3. The number of rotatable bonds is 4. The molecule has 11 heteroatoms. The summed E-state index contributed by atoms with van der Waals surface area (Å²) in [6.45, 7) is 1.42. The van der Waals surface area contributed by atoms with E-state index in [4.69, 9.17) is 5.26 Å². The van der Waals surface area contributed by atoms with Gasteiger partial charge in [0.1, 0.15) is 0 Å². The summed E-state index contributed by atoms with van der Waals surface area (Å²) in [5.41, 5.74) is -1.10. The van der Waals surface area contributed by atoms with Gasteiger partial charge < -0.3 is 9.80 Å². The first kappa shape index (κ1) is 24.3. The molecular weight excluding hydrogens is 445 g/mol. The van der Waals surface area contributed by atoms with E-state index in [9.17, 15) is 26.4 Å². The van der Waals surface area contributed by atoms with Crippen molar-refractivity contribution in [3.63, 3.8) is 0 Å². The fourth-order valence-corrected chi connectivity index (χ4v) is 5.68. The van der Waals surface area contributed by atoms with Crippen LogP contribution in [0.4, 0.5) is 18.9 Å². The van der Waals surface area contributed by atoms with Crippen LogP contribution in [0.15, 0.2) is 18.2 Å². The maximum Gasteiger partial charge on any atom is 0.417 e. The molecule has 0 radical (unpaired) electrons. The van der Waals surface area contributed by atoms with Crippen molar-refractivity contribution in [1.82, 2.24) is 9.21 Å². The summed E-state index contributed by atoms with van der Waals surface area (Å²) in [6.07, 6.45) is -2.28. The topological polar surface area (TPSA) is 84.7 Å². The van der Waals surface area contributed by atoms with E-state index in [-0.39, 0.29) is 24.3 Å². The van der Waals surface area contributed by atoms with E-state index in [0.29, 0.717) is 38.2 Å². The van der Waals surface area contributed by atoms with Gasteiger partial charge in [0.2, 0.25) is 15.9 Å². The van der Waals surface area contributed by atoms with Crippen LogP contribution in [0, 0.1) is 29.1 Å². The lowest BCUT2D eigenvalue weighted by molar-refractivity contribution is -0.137. The minimum atomic E-state index is -4.66. The number of halogens is 3. The number of alkyl halides is 3. The largest absolute Gasteiger partial charge is 0.417 e. The second-order valence-corrected chi connectivity index (χ2v) is 10.7. The van der Waals surface area contributed by atoms with Gasteiger partial charge in [-0.3, -0.25) is 4.79 Å². The molecule has 1 aromatic carbocycles. The van der Waals surface area contributed by atoms with Crippen molar-refractivity contribution < 1.29 is 26.4 Å². The smallest absolute Gasteiger partial charge is 0.370 e. The predicted octanol–water partition coefficient (Wildman–Crippen LogP) is 2.39. The van der Waals surface area contributed by atoms with Crippen molar-refractivity contribution in [3.8, 4) is 6.07 Å². The van der Waals surface area contributed by atoms with Crippen molar-refractivity contribution >= 4 is 21.6 Å². The van der Waals surface area contributed by atoms with Crippen LogP contribution in [0.5, 0.6) is 0 Å². The fraction of sp³-hybridized carbons (Fsp3) is 0.619. The molecule has 0 aliphatic carbocycles. The van der Waals surface area contributed by atoms with Gasteiger partial charge in [-0.2, -0.15) is 18.4 Å². The summed E-state index contributed by atoms with van der Waals surface area (Å²) in [7, 11) is 0.0208. The Kier molecular flexibility index (Phi) is 6.77. The van der Waals surface area contributed by atoms with Crippen LogP contribution in [-0.2, 0) is 21.0 Å². The molecule has 0 spiro atoms. The first-order chi connectivity index (χ1) is 14.8. The molecule has 0 N–H and O–H groups in total. The summed E-state index contributed by atoms with van der Waals surface area (Å²) in [5.74, 6) is -0.499. The number of piperidine rings is 1. The standard InChI is InChI=1S/C21H27F3N4O3S/c1-26(2)20(29)18-13-27(16-5-4-15(11-25)19(10-16)21(22,23)24)12-17(18)14-6-8-28(9-7-14)32(3,30)31/h4-5,10,14,17-18H,6-9,12-13H2,1-3H3/t17-,18+/m0/s1.